The van der Waals surface area contributed by atoms with Crippen molar-refractivity contribution < 1.29 is 5.11 Å². The van der Waals surface area contributed by atoms with E-state index in [4.69, 9.17) is 0 Å². The predicted molar refractivity (Wildman–Crippen MR) is 103 cm³/mol. The minimum absolute atomic E-state index is 0.0148. The molecule has 2 nitrogen and oxygen atoms in total. The number of benzene rings is 3. The summed E-state index contributed by atoms with van der Waals surface area (Å²) in [7, 11) is 0. The smallest absolute Gasteiger partial charge is 0.118 e. The van der Waals surface area contributed by atoms with Crippen molar-refractivity contribution in [3.05, 3.63) is 108 Å². The van der Waals surface area contributed by atoms with Gasteiger partial charge in [-0.15, -0.1) is 0 Å². The van der Waals surface area contributed by atoms with Crippen molar-refractivity contribution in [2.45, 2.75) is 19.1 Å². The van der Waals surface area contributed by atoms with E-state index in [-0.39, 0.29) is 5.92 Å². The van der Waals surface area contributed by atoms with E-state index < -0.39 is 5.60 Å². The van der Waals surface area contributed by atoms with E-state index in [2.05, 4.69) is 24.4 Å². The summed E-state index contributed by atoms with van der Waals surface area (Å²) < 4.78 is 0. The molecule has 0 spiro atoms. The van der Waals surface area contributed by atoms with Crippen molar-refractivity contribution in [3.8, 4) is 0 Å². The van der Waals surface area contributed by atoms with Crippen LogP contribution in [0.2, 0.25) is 0 Å². The molecule has 0 bridgehead atoms. The van der Waals surface area contributed by atoms with Crippen LogP contribution in [-0.4, -0.2) is 11.7 Å². The number of rotatable bonds is 7. The van der Waals surface area contributed by atoms with Crippen molar-refractivity contribution in [2.75, 3.05) is 6.54 Å². The minimum atomic E-state index is -1.02. The topological polar surface area (TPSA) is 32.3 Å². The van der Waals surface area contributed by atoms with E-state index in [0.717, 1.165) is 24.2 Å². The van der Waals surface area contributed by atoms with Crippen LogP contribution in [0.25, 0.3) is 0 Å². The van der Waals surface area contributed by atoms with Crippen LogP contribution in [0.1, 0.15) is 23.6 Å². The molecule has 3 aromatic carbocycles. The molecule has 0 heterocycles. The zero-order valence-electron chi connectivity index (χ0n) is 14.6. The largest absolute Gasteiger partial charge is 0.380 e. The zero-order valence-corrected chi connectivity index (χ0v) is 14.6. The first-order chi connectivity index (χ1) is 12.2. The Labute approximate surface area is 150 Å². The second-order valence-electron chi connectivity index (χ2n) is 6.52. The Morgan fingerprint density at radius 2 is 1.20 bits per heavy atom. The van der Waals surface area contributed by atoms with E-state index in [1.165, 1.54) is 5.56 Å². The van der Waals surface area contributed by atoms with Crippen molar-refractivity contribution in [1.29, 1.82) is 0 Å². The van der Waals surface area contributed by atoms with E-state index in [9.17, 15) is 5.11 Å². The summed E-state index contributed by atoms with van der Waals surface area (Å²) >= 11 is 0. The van der Waals surface area contributed by atoms with Crippen LogP contribution in [0.5, 0.6) is 0 Å². The van der Waals surface area contributed by atoms with E-state index in [1.807, 2.05) is 78.9 Å². The van der Waals surface area contributed by atoms with Crippen LogP contribution >= 0.6 is 0 Å². The van der Waals surface area contributed by atoms with E-state index >= 15 is 0 Å². The normalized spacial score (nSPS) is 12.7. The molecule has 0 unspecified atom stereocenters. The van der Waals surface area contributed by atoms with Gasteiger partial charge in [-0.3, -0.25) is 0 Å². The second kappa shape index (κ2) is 8.11. The Morgan fingerprint density at radius 1 is 0.760 bits per heavy atom. The third kappa shape index (κ3) is 3.98. The molecule has 0 aliphatic heterocycles. The monoisotopic (exact) mass is 331 g/mol. The maximum atomic E-state index is 11.7. The maximum Gasteiger partial charge on any atom is 0.118 e. The van der Waals surface area contributed by atoms with Crippen LogP contribution in [-0.2, 0) is 12.1 Å². The highest BCUT2D eigenvalue weighted by molar-refractivity contribution is 5.36. The van der Waals surface area contributed by atoms with Crippen LogP contribution in [0, 0.1) is 5.92 Å². The number of aliphatic hydroxyl groups is 1. The van der Waals surface area contributed by atoms with Gasteiger partial charge in [-0.2, -0.15) is 0 Å². The molecule has 0 radical (unpaired) electrons. The summed E-state index contributed by atoms with van der Waals surface area (Å²) in [5.74, 6) is 0.0148. The van der Waals surface area contributed by atoms with E-state index in [1.54, 1.807) is 0 Å². The quantitative estimate of drug-likeness (QED) is 0.675. The van der Waals surface area contributed by atoms with Gasteiger partial charge < -0.3 is 10.4 Å². The Bertz CT molecular complexity index is 716. The van der Waals surface area contributed by atoms with Crippen LogP contribution in [0.4, 0.5) is 0 Å². The molecule has 3 rings (SSSR count). The fourth-order valence-corrected chi connectivity index (χ4v) is 3.30. The molecule has 0 amide bonds. The van der Waals surface area contributed by atoms with Gasteiger partial charge >= 0.3 is 0 Å². The van der Waals surface area contributed by atoms with Gasteiger partial charge in [0.25, 0.3) is 0 Å². The van der Waals surface area contributed by atoms with Crippen molar-refractivity contribution in [2.24, 2.45) is 5.92 Å². The first-order valence-corrected chi connectivity index (χ1v) is 8.79. The molecule has 0 saturated carbocycles. The fourth-order valence-electron chi connectivity index (χ4n) is 3.30. The Morgan fingerprint density at radius 3 is 1.68 bits per heavy atom. The molecule has 1 atom stereocenters. The average molecular weight is 331 g/mol. The van der Waals surface area contributed by atoms with Gasteiger partial charge in [-0.05, 0) is 16.7 Å². The van der Waals surface area contributed by atoms with Gasteiger partial charge in [0, 0.05) is 19.0 Å². The van der Waals surface area contributed by atoms with Crippen LogP contribution in [0.15, 0.2) is 91.0 Å². The summed E-state index contributed by atoms with van der Waals surface area (Å²) in [6, 6.07) is 30.2. The highest BCUT2D eigenvalue weighted by Gasteiger charge is 2.37. The number of nitrogens with one attached hydrogen (secondary N) is 1. The van der Waals surface area contributed by atoms with Gasteiger partial charge in [0.05, 0.1) is 0 Å². The van der Waals surface area contributed by atoms with Crippen molar-refractivity contribution in [1.82, 2.24) is 5.32 Å². The molecule has 2 N–H and O–H groups in total. The summed E-state index contributed by atoms with van der Waals surface area (Å²) in [6.45, 7) is 3.61. The lowest BCUT2D eigenvalue weighted by atomic mass is 9.77. The summed E-state index contributed by atoms with van der Waals surface area (Å²) in [6.07, 6.45) is 0. The maximum absolute atomic E-state index is 11.7. The molecule has 3 aromatic rings. The van der Waals surface area contributed by atoms with E-state index in [0.29, 0.717) is 0 Å². The predicted octanol–water partition coefficient (Wildman–Crippen LogP) is 4.35. The summed E-state index contributed by atoms with van der Waals surface area (Å²) in [4.78, 5) is 0. The van der Waals surface area contributed by atoms with Gasteiger partial charge in [-0.1, -0.05) is 97.9 Å². The Kier molecular flexibility index (Phi) is 5.64. The molecule has 25 heavy (non-hydrogen) atoms. The lowest BCUT2D eigenvalue weighted by Gasteiger charge is -2.35. The minimum Gasteiger partial charge on any atom is -0.380 e. The summed E-state index contributed by atoms with van der Waals surface area (Å²) in [5.41, 5.74) is 2.08. The van der Waals surface area contributed by atoms with Gasteiger partial charge in [-0.25, -0.2) is 0 Å². The molecule has 2 heteroatoms. The Balaban J connectivity index is 1.80. The molecule has 0 fully saturated rings. The van der Waals surface area contributed by atoms with Crippen LogP contribution < -0.4 is 5.32 Å². The molecular weight excluding hydrogens is 306 g/mol. The lowest BCUT2D eigenvalue weighted by Crippen LogP contribution is -2.40. The van der Waals surface area contributed by atoms with Gasteiger partial charge in [0.15, 0.2) is 0 Å². The lowest BCUT2D eigenvalue weighted by molar-refractivity contribution is 0.0239. The first kappa shape index (κ1) is 17.4. The first-order valence-electron chi connectivity index (χ1n) is 8.79. The highest BCUT2D eigenvalue weighted by atomic mass is 16.3. The van der Waals surface area contributed by atoms with Gasteiger partial charge in [0.1, 0.15) is 5.60 Å². The Hall–Kier alpha value is -2.42. The molecule has 0 aliphatic rings. The third-order valence-electron chi connectivity index (χ3n) is 4.76. The summed E-state index contributed by atoms with van der Waals surface area (Å²) in [5, 5.41) is 15.2. The van der Waals surface area contributed by atoms with Crippen molar-refractivity contribution >= 4 is 0 Å². The van der Waals surface area contributed by atoms with Crippen molar-refractivity contribution in [3.63, 3.8) is 0 Å². The average Bonchev–Trinajstić information content (AvgIpc) is 2.69. The van der Waals surface area contributed by atoms with Gasteiger partial charge in [0.2, 0.25) is 0 Å². The third-order valence-corrected chi connectivity index (χ3v) is 4.76. The standard InChI is InChI=1S/C23H25NO/c1-19(17-24-18-20-11-5-2-6-12-20)23(25,21-13-7-3-8-14-21)22-15-9-4-10-16-22/h2-16,19,24-25H,17-18H2,1H3/t19-/m1/s1. The number of hydrogen-bond donors (Lipinski definition) is 2. The zero-order chi connectivity index (χ0) is 17.5. The molecule has 128 valence electrons. The fraction of sp³-hybridized carbons (Fsp3) is 0.217. The number of hydrogen-bond acceptors (Lipinski definition) is 2. The molecule has 0 aromatic heterocycles. The van der Waals surface area contributed by atoms with Crippen LogP contribution in [0.3, 0.4) is 0 Å². The molecule has 0 aliphatic carbocycles. The highest BCUT2D eigenvalue weighted by Crippen LogP contribution is 2.36. The molecule has 0 saturated heterocycles. The second-order valence-corrected chi connectivity index (χ2v) is 6.52. The SMILES string of the molecule is C[C@H](CNCc1ccccc1)C(O)(c1ccccc1)c1ccccc1. The molecular formula is C23H25NO.